The zero-order chi connectivity index (χ0) is 13.5. The van der Waals surface area contributed by atoms with Gasteiger partial charge in [0.2, 0.25) is 0 Å². The summed E-state index contributed by atoms with van der Waals surface area (Å²) in [5.41, 5.74) is 8.09. The molecule has 104 valence electrons. The molecule has 18 heavy (non-hydrogen) atoms. The Balaban J connectivity index is 1.83. The molecule has 2 N–H and O–H groups in total. The van der Waals surface area contributed by atoms with Crippen LogP contribution in [-0.2, 0) is 0 Å². The molecule has 2 aliphatic rings. The van der Waals surface area contributed by atoms with Crippen molar-refractivity contribution in [3.63, 3.8) is 0 Å². The first kappa shape index (κ1) is 14.1. The minimum Gasteiger partial charge on any atom is -0.327 e. The van der Waals surface area contributed by atoms with Gasteiger partial charge in [0, 0.05) is 6.04 Å². The van der Waals surface area contributed by atoms with E-state index in [1.807, 2.05) is 0 Å². The summed E-state index contributed by atoms with van der Waals surface area (Å²) in [6, 6.07) is 0.519. The predicted octanol–water partition coefficient (Wildman–Crippen LogP) is 4.38. The summed E-state index contributed by atoms with van der Waals surface area (Å²) >= 11 is 0. The van der Waals surface area contributed by atoms with Crippen LogP contribution in [0.25, 0.3) is 0 Å². The van der Waals surface area contributed by atoms with Gasteiger partial charge in [-0.3, -0.25) is 0 Å². The number of rotatable bonds is 6. The smallest absolute Gasteiger partial charge is 0.00770 e. The fourth-order valence-corrected chi connectivity index (χ4v) is 2.95. The Kier molecular flexibility index (Phi) is 3.92. The summed E-state index contributed by atoms with van der Waals surface area (Å²) in [7, 11) is 0. The van der Waals surface area contributed by atoms with Crippen LogP contribution in [0.15, 0.2) is 11.6 Å². The van der Waals surface area contributed by atoms with Crippen molar-refractivity contribution in [3.8, 4) is 0 Å². The third-order valence-corrected chi connectivity index (χ3v) is 5.24. The summed E-state index contributed by atoms with van der Waals surface area (Å²) in [6.07, 6.45) is 7.85. The van der Waals surface area contributed by atoms with Gasteiger partial charge in [-0.25, -0.2) is 0 Å². The molecule has 0 spiro atoms. The van der Waals surface area contributed by atoms with Crippen molar-refractivity contribution in [2.75, 3.05) is 0 Å². The standard InChI is InChI=1S/C17H31N/c1-11(2)6-7-17(4,5)12(3)8-13-9-14(13)15-10-16(15)18/h8,11-12,14-16H,6-7,9-10,18H2,1-5H3/b13-8-/t12?,14-,15+,16?/m1/s1. The highest BCUT2D eigenvalue weighted by Crippen LogP contribution is 2.54. The first-order valence-electron chi connectivity index (χ1n) is 7.77. The molecule has 0 aliphatic heterocycles. The molecular weight excluding hydrogens is 218 g/mol. The highest BCUT2D eigenvalue weighted by Gasteiger charge is 2.48. The average Bonchev–Trinajstić information content (AvgIpc) is 3.14. The van der Waals surface area contributed by atoms with Crippen molar-refractivity contribution in [1.29, 1.82) is 0 Å². The zero-order valence-electron chi connectivity index (χ0n) is 12.9. The van der Waals surface area contributed by atoms with Crippen molar-refractivity contribution < 1.29 is 0 Å². The quantitative estimate of drug-likeness (QED) is 0.695. The maximum absolute atomic E-state index is 5.94. The van der Waals surface area contributed by atoms with E-state index in [0.717, 1.165) is 17.8 Å². The second kappa shape index (κ2) is 5.00. The summed E-state index contributed by atoms with van der Waals surface area (Å²) in [5.74, 6) is 3.22. The number of hydrogen-bond donors (Lipinski definition) is 1. The largest absolute Gasteiger partial charge is 0.327 e. The summed E-state index contributed by atoms with van der Waals surface area (Å²) < 4.78 is 0. The summed E-state index contributed by atoms with van der Waals surface area (Å²) in [4.78, 5) is 0. The summed E-state index contributed by atoms with van der Waals surface area (Å²) in [5, 5.41) is 0. The maximum Gasteiger partial charge on any atom is 0.00770 e. The third kappa shape index (κ3) is 3.38. The van der Waals surface area contributed by atoms with Crippen LogP contribution in [0.3, 0.4) is 0 Å². The zero-order valence-corrected chi connectivity index (χ0v) is 12.9. The van der Waals surface area contributed by atoms with E-state index < -0.39 is 0 Å². The van der Waals surface area contributed by atoms with E-state index in [9.17, 15) is 0 Å². The van der Waals surface area contributed by atoms with Crippen LogP contribution in [0.1, 0.15) is 60.3 Å². The van der Waals surface area contributed by atoms with E-state index in [0.29, 0.717) is 17.4 Å². The molecule has 0 heterocycles. The lowest BCUT2D eigenvalue weighted by Gasteiger charge is -2.30. The fraction of sp³-hybridized carbons (Fsp3) is 0.882. The van der Waals surface area contributed by atoms with Gasteiger partial charge in [0.25, 0.3) is 0 Å². The molecule has 0 aromatic heterocycles. The second-order valence-corrected chi connectivity index (χ2v) is 7.83. The van der Waals surface area contributed by atoms with Gasteiger partial charge < -0.3 is 5.73 Å². The lowest BCUT2D eigenvalue weighted by Crippen LogP contribution is -2.20. The van der Waals surface area contributed by atoms with Gasteiger partial charge in [-0.15, -0.1) is 0 Å². The van der Waals surface area contributed by atoms with Crippen molar-refractivity contribution in [1.82, 2.24) is 0 Å². The molecule has 1 heteroatoms. The Labute approximate surface area is 113 Å². The molecule has 2 unspecified atom stereocenters. The molecule has 0 bridgehead atoms. The van der Waals surface area contributed by atoms with Crippen molar-refractivity contribution in [3.05, 3.63) is 11.6 Å². The van der Waals surface area contributed by atoms with Gasteiger partial charge >= 0.3 is 0 Å². The normalized spacial score (nSPS) is 35.1. The van der Waals surface area contributed by atoms with Crippen molar-refractivity contribution in [2.24, 2.45) is 34.8 Å². The van der Waals surface area contributed by atoms with E-state index in [-0.39, 0.29) is 0 Å². The van der Waals surface area contributed by atoms with Crippen LogP contribution in [0.4, 0.5) is 0 Å². The second-order valence-electron chi connectivity index (χ2n) is 7.83. The van der Waals surface area contributed by atoms with Gasteiger partial charge in [0.05, 0.1) is 0 Å². The highest BCUT2D eigenvalue weighted by molar-refractivity contribution is 5.29. The predicted molar refractivity (Wildman–Crippen MR) is 79.3 cm³/mol. The topological polar surface area (TPSA) is 26.0 Å². The Hall–Kier alpha value is -0.300. The minimum atomic E-state index is 0.441. The van der Waals surface area contributed by atoms with E-state index in [4.69, 9.17) is 5.73 Å². The van der Waals surface area contributed by atoms with E-state index in [1.54, 1.807) is 5.57 Å². The first-order chi connectivity index (χ1) is 8.31. The molecule has 1 nitrogen and oxygen atoms in total. The lowest BCUT2D eigenvalue weighted by molar-refractivity contribution is 0.234. The molecule has 0 saturated heterocycles. The van der Waals surface area contributed by atoms with Gasteiger partial charge in [-0.1, -0.05) is 52.7 Å². The number of hydrogen-bond acceptors (Lipinski definition) is 1. The molecule has 2 aliphatic carbocycles. The lowest BCUT2D eigenvalue weighted by atomic mass is 9.75. The van der Waals surface area contributed by atoms with E-state index in [1.165, 1.54) is 25.7 Å². The molecule has 2 fully saturated rings. The molecule has 0 aromatic carbocycles. The van der Waals surface area contributed by atoms with E-state index >= 15 is 0 Å². The third-order valence-electron chi connectivity index (χ3n) is 5.24. The highest BCUT2D eigenvalue weighted by atomic mass is 14.8. The van der Waals surface area contributed by atoms with Crippen LogP contribution >= 0.6 is 0 Å². The molecular formula is C17H31N. The Morgan fingerprint density at radius 3 is 2.44 bits per heavy atom. The molecule has 2 rings (SSSR count). The first-order valence-corrected chi connectivity index (χ1v) is 7.77. The fourth-order valence-electron chi connectivity index (χ4n) is 2.95. The Morgan fingerprint density at radius 1 is 1.33 bits per heavy atom. The van der Waals surface area contributed by atoms with Gasteiger partial charge in [0.1, 0.15) is 0 Å². The number of allylic oxidation sites excluding steroid dienone is 2. The van der Waals surface area contributed by atoms with Gasteiger partial charge in [0.15, 0.2) is 0 Å². The van der Waals surface area contributed by atoms with Crippen molar-refractivity contribution in [2.45, 2.75) is 66.3 Å². The maximum atomic E-state index is 5.94. The molecule has 0 amide bonds. The van der Waals surface area contributed by atoms with E-state index in [2.05, 4.69) is 40.7 Å². The van der Waals surface area contributed by atoms with Crippen LogP contribution in [0.2, 0.25) is 0 Å². The SMILES string of the molecule is CC(C)CCC(C)(C)C(C)/C=C1/C[C@H]1[C@@H]1CC1N. The van der Waals surface area contributed by atoms with Gasteiger partial charge in [-0.05, 0) is 48.3 Å². The van der Waals surface area contributed by atoms with Crippen LogP contribution in [0, 0.1) is 29.1 Å². The minimum absolute atomic E-state index is 0.441. The van der Waals surface area contributed by atoms with Crippen molar-refractivity contribution >= 4 is 0 Å². The van der Waals surface area contributed by atoms with Crippen LogP contribution in [-0.4, -0.2) is 6.04 Å². The van der Waals surface area contributed by atoms with Crippen LogP contribution < -0.4 is 5.73 Å². The molecule has 4 atom stereocenters. The molecule has 0 aromatic rings. The monoisotopic (exact) mass is 249 g/mol. The molecule has 0 radical (unpaired) electrons. The Bertz CT molecular complexity index is 327. The Morgan fingerprint density at radius 2 is 1.94 bits per heavy atom. The van der Waals surface area contributed by atoms with Gasteiger partial charge in [-0.2, -0.15) is 0 Å². The van der Waals surface area contributed by atoms with Crippen LogP contribution in [0.5, 0.6) is 0 Å². The summed E-state index contributed by atoms with van der Waals surface area (Å²) in [6.45, 7) is 11.9. The molecule has 2 saturated carbocycles. The number of nitrogens with two attached hydrogens (primary N) is 1. The average molecular weight is 249 g/mol.